The number of amides is 2. The molecule has 0 aliphatic carbocycles. The van der Waals surface area contributed by atoms with E-state index in [0.717, 1.165) is 0 Å². The van der Waals surface area contributed by atoms with Crippen LogP contribution in [0.25, 0.3) is 0 Å². The Morgan fingerprint density at radius 1 is 1.17 bits per heavy atom. The fourth-order valence-electron chi connectivity index (χ4n) is 3.72. The van der Waals surface area contributed by atoms with Crippen molar-refractivity contribution in [3.8, 4) is 0 Å². The standard InChI is InChI=1S/C22H35BN4O7S/c1-14(26-19(29)32-20(2,3)4)17(28)27-10-9-16(13-27)35(30,31)18-24-11-15(12-25-18)23-33-21(5,6)22(7,8)34-23/h11-12,14,16H,9-10,13H2,1-8H3,(H,26,29)/t14-,16+/m0/s1. The Morgan fingerprint density at radius 3 is 2.23 bits per heavy atom. The summed E-state index contributed by atoms with van der Waals surface area (Å²) in [4.78, 5) is 34.3. The molecule has 3 rings (SSSR count). The maximum Gasteiger partial charge on any atom is 0.498 e. The second-order valence-corrected chi connectivity index (χ2v) is 13.1. The Labute approximate surface area is 207 Å². The summed E-state index contributed by atoms with van der Waals surface area (Å²) in [5.74, 6) is -0.384. The fourth-order valence-corrected chi connectivity index (χ4v) is 5.21. The predicted molar refractivity (Wildman–Crippen MR) is 129 cm³/mol. The molecule has 13 heteroatoms. The van der Waals surface area contributed by atoms with E-state index < -0.39 is 51.1 Å². The number of sulfone groups is 1. The number of carbonyl (C=O) groups excluding carboxylic acids is 2. The van der Waals surface area contributed by atoms with Crippen molar-refractivity contribution >= 4 is 34.4 Å². The van der Waals surface area contributed by atoms with Crippen molar-refractivity contribution < 1.29 is 32.1 Å². The number of likely N-dealkylation sites (tertiary alicyclic amines) is 1. The summed E-state index contributed by atoms with van der Waals surface area (Å²) in [5.41, 5.74) is -1.26. The average molecular weight is 510 g/mol. The summed E-state index contributed by atoms with van der Waals surface area (Å²) in [7, 11) is -4.57. The Hall–Kier alpha value is -2.25. The van der Waals surface area contributed by atoms with Crippen molar-refractivity contribution in [1.29, 1.82) is 0 Å². The summed E-state index contributed by atoms with van der Waals surface area (Å²) in [5, 5.41) is 1.34. The molecule has 0 saturated carbocycles. The summed E-state index contributed by atoms with van der Waals surface area (Å²) >= 11 is 0. The monoisotopic (exact) mass is 510 g/mol. The van der Waals surface area contributed by atoms with Crippen molar-refractivity contribution in [2.45, 2.75) is 95.1 Å². The van der Waals surface area contributed by atoms with Crippen molar-refractivity contribution in [1.82, 2.24) is 20.2 Å². The van der Waals surface area contributed by atoms with Gasteiger partial charge < -0.3 is 24.3 Å². The molecule has 0 bridgehead atoms. The second-order valence-electron chi connectivity index (χ2n) is 11.0. The van der Waals surface area contributed by atoms with Crippen molar-refractivity contribution in [2.75, 3.05) is 13.1 Å². The van der Waals surface area contributed by atoms with Crippen LogP contribution < -0.4 is 10.8 Å². The zero-order chi connectivity index (χ0) is 26.4. The van der Waals surface area contributed by atoms with Crippen LogP contribution in [0.1, 0.15) is 61.8 Å². The molecule has 1 aromatic heterocycles. The van der Waals surface area contributed by atoms with Crippen LogP contribution >= 0.6 is 0 Å². The fraction of sp³-hybridized carbons (Fsp3) is 0.727. The lowest BCUT2D eigenvalue weighted by Crippen LogP contribution is -2.48. The van der Waals surface area contributed by atoms with Gasteiger partial charge in [-0.3, -0.25) is 4.79 Å². The first kappa shape index (κ1) is 27.3. The largest absolute Gasteiger partial charge is 0.498 e. The van der Waals surface area contributed by atoms with Crippen LogP contribution in [-0.2, 0) is 28.7 Å². The Kier molecular flexibility index (Phi) is 7.29. The first-order chi connectivity index (χ1) is 15.9. The van der Waals surface area contributed by atoms with Gasteiger partial charge in [0.1, 0.15) is 11.6 Å². The normalized spacial score (nSPS) is 22.7. The number of nitrogens with one attached hydrogen (secondary N) is 1. The highest BCUT2D eigenvalue weighted by molar-refractivity contribution is 7.91. The molecule has 11 nitrogen and oxygen atoms in total. The van der Waals surface area contributed by atoms with E-state index in [9.17, 15) is 18.0 Å². The van der Waals surface area contributed by atoms with E-state index in [4.69, 9.17) is 14.0 Å². The van der Waals surface area contributed by atoms with Gasteiger partial charge in [-0.05, 0) is 61.8 Å². The third-order valence-electron chi connectivity index (χ3n) is 6.43. The van der Waals surface area contributed by atoms with Crippen LogP contribution in [0.2, 0.25) is 0 Å². The van der Waals surface area contributed by atoms with Crippen molar-refractivity contribution in [2.24, 2.45) is 0 Å². The summed E-state index contributed by atoms with van der Waals surface area (Å²) in [6.45, 7) is 14.6. The van der Waals surface area contributed by atoms with Gasteiger partial charge in [0.05, 0.1) is 16.5 Å². The van der Waals surface area contributed by atoms with Crippen LogP contribution in [0.15, 0.2) is 17.6 Å². The predicted octanol–water partition coefficient (Wildman–Crippen LogP) is 1.06. The molecule has 2 atom stereocenters. The topological polar surface area (TPSA) is 137 Å². The number of carbonyl (C=O) groups is 2. The van der Waals surface area contributed by atoms with E-state index in [1.54, 1.807) is 20.8 Å². The van der Waals surface area contributed by atoms with Gasteiger partial charge in [0.2, 0.25) is 20.9 Å². The summed E-state index contributed by atoms with van der Waals surface area (Å²) in [6, 6.07) is -0.859. The molecule has 2 fully saturated rings. The first-order valence-electron chi connectivity index (χ1n) is 11.6. The minimum Gasteiger partial charge on any atom is -0.444 e. The molecule has 0 unspecified atom stereocenters. The van der Waals surface area contributed by atoms with Gasteiger partial charge in [-0.15, -0.1) is 0 Å². The van der Waals surface area contributed by atoms with Crippen molar-refractivity contribution in [3.63, 3.8) is 0 Å². The quantitative estimate of drug-likeness (QED) is 0.455. The lowest BCUT2D eigenvalue weighted by Gasteiger charge is -2.32. The summed E-state index contributed by atoms with van der Waals surface area (Å²) < 4.78 is 43.3. The number of aromatic nitrogens is 2. The number of hydrogen-bond acceptors (Lipinski definition) is 9. The van der Waals surface area contributed by atoms with Crippen LogP contribution in [0.3, 0.4) is 0 Å². The minimum absolute atomic E-state index is 0.0101. The van der Waals surface area contributed by atoms with E-state index in [-0.39, 0.29) is 30.6 Å². The minimum atomic E-state index is -3.87. The lowest BCUT2D eigenvalue weighted by molar-refractivity contribution is -0.131. The van der Waals surface area contributed by atoms with Gasteiger partial charge in [0, 0.05) is 30.9 Å². The van der Waals surface area contributed by atoms with Gasteiger partial charge in [-0.1, -0.05) is 0 Å². The molecule has 194 valence electrons. The van der Waals surface area contributed by atoms with Crippen LogP contribution in [0.4, 0.5) is 4.79 Å². The Balaban J connectivity index is 1.63. The SMILES string of the molecule is C[C@H](NC(=O)OC(C)(C)C)C(=O)N1CC[C@@H](S(=O)(=O)c2ncc(B3OC(C)(C)C(C)(C)O3)cn2)C1. The van der Waals surface area contributed by atoms with Gasteiger partial charge in [-0.25, -0.2) is 23.2 Å². The molecular formula is C22H35BN4O7S. The molecule has 1 N–H and O–H groups in total. The highest BCUT2D eigenvalue weighted by Gasteiger charge is 2.52. The number of hydrogen-bond donors (Lipinski definition) is 1. The van der Waals surface area contributed by atoms with E-state index >= 15 is 0 Å². The second kappa shape index (κ2) is 9.32. The van der Waals surface area contributed by atoms with Gasteiger partial charge in [-0.2, -0.15) is 0 Å². The molecule has 0 aromatic carbocycles. The van der Waals surface area contributed by atoms with Crippen LogP contribution in [0, 0.1) is 0 Å². The molecule has 1 aromatic rings. The highest BCUT2D eigenvalue weighted by Crippen LogP contribution is 2.36. The molecule has 2 amide bonds. The highest BCUT2D eigenvalue weighted by atomic mass is 32.2. The molecule has 0 spiro atoms. The smallest absolute Gasteiger partial charge is 0.444 e. The lowest BCUT2D eigenvalue weighted by atomic mass is 9.81. The zero-order valence-electron chi connectivity index (χ0n) is 21.6. The number of nitrogens with zero attached hydrogens (tertiary/aromatic N) is 3. The molecule has 2 aliphatic rings. The Bertz CT molecular complexity index is 1050. The third-order valence-corrected chi connectivity index (χ3v) is 8.41. The van der Waals surface area contributed by atoms with Gasteiger partial charge >= 0.3 is 13.2 Å². The molecular weight excluding hydrogens is 475 g/mol. The van der Waals surface area contributed by atoms with Gasteiger partial charge in [0.15, 0.2) is 0 Å². The third kappa shape index (κ3) is 5.95. The Morgan fingerprint density at radius 2 is 1.71 bits per heavy atom. The maximum absolute atomic E-state index is 13.1. The molecule has 3 heterocycles. The van der Waals surface area contributed by atoms with Crippen LogP contribution in [-0.4, -0.2) is 83.6 Å². The molecule has 0 radical (unpaired) electrons. The number of rotatable bonds is 5. The molecule has 2 aliphatic heterocycles. The van der Waals surface area contributed by atoms with E-state index in [1.807, 2.05) is 27.7 Å². The van der Waals surface area contributed by atoms with Crippen LogP contribution in [0.5, 0.6) is 0 Å². The van der Waals surface area contributed by atoms with E-state index in [1.165, 1.54) is 24.2 Å². The molecule has 2 saturated heterocycles. The van der Waals surface area contributed by atoms with E-state index in [0.29, 0.717) is 5.46 Å². The molecule has 35 heavy (non-hydrogen) atoms. The van der Waals surface area contributed by atoms with Gasteiger partial charge in [0.25, 0.3) is 0 Å². The number of ether oxygens (including phenoxy) is 1. The zero-order valence-corrected chi connectivity index (χ0v) is 22.4. The first-order valence-corrected chi connectivity index (χ1v) is 13.2. The van der Waals surface area contributed by atoms with Crippen molar-refractivity contribution in [3.05, 3.63) is 12.4 Å². The summed E-state index contributed by atoms with van der Waals surface area (Å²) in [6.07, 6.45) is 2.33. The number of alkyl carbamates (subject to hydrolysis) is 1. The van der Waals surface area contributed by atoms with E-state index in [2.05, 4.69) is 15.3 Å². The maximum atomic E-state index is 13.1. The average Bonchev–Trinajstić information content (AvgIpc) is 3.29.